The molecule has 0 radical (unpaired) electrons. The number of aromatic nitrogens is 1. The van der Waals surface area contributed by atoms with E-state index >= 15 is 0 Å². The SMILES string of the molecule is CN=C(NCCCc1ccc(N(C)C)cc1)NCc1cc(C(C)C)no1.I. The van der Waals surface area contributed by atoms with Crippen LogP contribution < -0.4 is 15.5 Å². The molecule has 0 aliphatic carbocycles. The van der Waals surface area contributed by atoms with Crippen molar-refractivity contribution in [2.24, 2.45) is 4.99 Å². The molecule has 1 heterocycles. The van der Waals surface area contributed by atoms with Gasteiger partial charge in [-0.25, -0.2) is 0 Å². The van der Waals surface area contributed by atoms with Crippen LogP contribution in [0, 0.1) is 0 Å². The van der Waals surface area contributed by atoms with Gasteiger partial charge in [0.05, 0.1) is 12.2 Å². The van der Waals surface area contributed by atoms with Gasteiger partial charge in [-0.05, 0) is 36.5 Å². The molecule has 1 aromatic heterocycles. The van der Waals surface area contributed by atoms with E-state index < -0.39 is 0 Å². The fourth-order valence-corrected chi connectivity index (χ4v) is 2.54. The number of aryl methyl sites for hydroxylation is 1. The molecule has 150 valence electrons. The van der Waals surface area contributed by atoms with Crippen molar-refractivity contribution in [2.75, 3.05) is 32.6 Å². The van der Waals surface area contributed by atoms with Crippen LogP contribution in [0.25, 0.3) is 0 Å². The number of guanidine groups is 1. The minimum atomic E-state index is 0. The van der Waals surface area contributed by atoms with Crippen LogP contribution in [-0.4, -0.2) is 38.8 Å². The maximum absolute atomic E-state index is 5.33. The summed E-state index contributed by atoms with van der Waals surface area (Å²) in [5, 5.41) is 10.7. The van der Waals surface area contributed by atoms with Gasteiger partial charge in [0.15, 0.2) is 11.7 Å². The van der Waals surface area contributed by atoms with Crippen LogP contribution in [0.4, 0.5) is 5.69 Å². The highest BCUT2D eigenvalue weighted by molar-refractivity contribution is 14.0. The average molecular weight is 485 g/mol. The summed E-state index contributed by atoms with van der Waals surface area (Å²) >= 11 is 0. The first-order chi connectivity index (χ1) is 12.5. The number of aliphatic imine (C=N–C) groups is 1. The van der Waals surface area contributed by atoms with Crippen LogP contribution in [0.2, 0.25) is 0 Å². The molecule has 0 atom stereocenters. The summed E-state index contributed by atoms with van der Waals surface area (Å²) in [7, 11) is 5.88. The Kier molecular flexibility index (Phi) is 10.2. The molecule has 0 aliphatic heterocycles. The third-order valence-corrected chi connectivity index (χ3v) is 4.21. The number of rotatable bonds is 8. The zero-order chi connectivity index (χ0) is 18.9. The van der Waals surface area contributed by atoms with Gasteiger partial charge in [0.2, 0.25) is 0 Å². The molecule has 0 spiro atoms. The van der Waals surface area contributed by atoms with Crippen LogP contribution in [-0.2, 0) is 13.0 Å². The predicted molar refractivity (Wildman–Crippen MR) is 123 cm³/mol. The van der Waals surface area contributed by atoms with Crippen molar-refractivity contribution in [2.45, 2.75) is 39.2 Å². The number of hydrogen-bond acceptors (Lipinski definition) is 4. The number of halogens is 1. The first kappa shape index (κ1) is 23.3. The molecular formula is C20H32IN5O. The van der Waals surface area contributed by atoms with Gasteiger partial charge in [0, 0.05) is 39.4 Å². The maximum Gasteiger partial charge on any atom is 0.191 e. The Morgan fingerprint density at radius 3 is 2.44 bits per heavy atom. The molecule has 0 bridgehead atoms. The third-order valence-electron chi connectivity index (χ3n) is 4.21. The highest BCUT2D eigenvalue weighted by Gasteiger charge is 2.08. The fraction of sp³-hybridized carbons (Fsp3) is 0.500. The van der Waals surface area contributed by atoms with E-state index in [0.29, 0.717) is 12.5 Å². The van der Waals surface area contributed by atoms with Crippen molar-refractivity contribution < 1.29 is 4.52 Å². The molecule has 1 aromatic carbocycles. The Morgan fingerprint density at radius 1 is 1.19 bits per heavy atom. The molecule has 6 nitrogen and oxygen atoms in total. The quantitative estimate of drug-likeness (QED) is 0.258. The number of hydrogen-bond donors (Lipinski definition) is 2. The van der Waals surface area contributed by atoms with E-state index in [1.54, 1.807) is 7.05 Å². The summed E-state index contributed by atoms with van der Waals surface area (Å²) in [6.45, 7) is 5.64. The number of benzene rings is 1. The number of nitrogens with one attached hydrogen (secondary N) is 2. The molecule has 0 saturated carbocycles. The maximum atomic E-state index is 5.33. The van der Waals surface area contributed by atoms with E-state index in [-0.39, 0.29) is 24.0 Å². The van der Waals surface area contributed by atoms with Crippen molar-refractivity contribution in [1.82, 2.24) is 15.8 Å². The van der Waals surface area contributed by atoms with Crippen molar-refractivity contribution in [1.29, 1.82) is 0 Å². The molecule has 0 amide bonds. The van der Waals surface area contributed by atoms with E-state index in [1.165, 1.54) is 11.3 Å². The highest BCUT2D eigenvalue weighted by atomic mass is 127. The zero-order valence-electron chi connectivity index (χ0n) is 17.0. The molecule has 2 rings (SSSR count). The Bertz CT molecular complexity index is 695. The number of nitrogens with zero attached hydrogens (tertiary/aromatic N) is 3. The van der Waals surface area contributed by atoms with E-state index in [2.05, 4.69) is 77.9 Å². The van der Waals surface area contributed by atoms with Gasteiger partial charge in [-0.15, -0.1) is 24.0 Å². The Labute approximate surface area is 179 Å². The second-order valence-electron chi connectivity index (χ2n) is 6.89. The van der Waals surface area contributed by atoms with Crippen LogP contribution in [0.5, 0.6) is 0 Å². The highest BCUT2D eigenvalue weighted by Crippen LogP contribution is 2.14. The Hall–Kier alpha value is -1.77. The van der Waals surface area contributed by atoms with E-state index in [1.807, 2.05) is 6.07 Å². The molecular weight excluding hydrogens is 453 g/mol. The van der Waals surface area contributed by atoms with E-state index in [9.17, 15) is 0 Å². The molecule has 0 aliphatic rings. The minimum absolute atomic E-state index is 0. The molecule has 27 heavy (non-hydrogen) atoms. The lowest BCUT2D eigenvalue weighted by Crippen LogP contribution is -2.37. The van der Waals surface area contributed by atoms with Gasteiger partial charge in [-0.1, -0.05) is 31.1 Å². The molecule has 2 aromatic rings. The van der Waals surface area contributed by atoms with Crippen LogP contribution in [0.15, 0.2) is 39.8 Å². The van der Waals surface area contributed by atoms with Gasteiger partial charge in [0.25, 0.3) is 0 Å². The van der Waals surface area contributed by atoms with Gasteiger partial charge in [0.1, 0.15) is 0 Å². The zero-order valence-corrected chi connectivity index (χ0v) is 19.3. The van der Waals surface area contributed by atoms with Crippen molar-refractivity contribution in [3.05, 3.63) is 47.3 Å². The molecule has 0 fully saturated rings. The minimum Gasteiger partial charge on any atom is -0.378 e. The summed E-state index contributed by atoms with van der Waals surface area (Å²) in [6.07, 6.45) is 2.08. The lowest BCUT2D eigenvalue weighted by atomic mass is 10.1. The van der Waals surface area contributed by atoms with E-state index in [4.69, 9.17) is 4.52 Å². The number of anilines is 1. The molecule has 0 saturated heterocycles. The van der Waals surface area contributed by atoms with Gasteiger partial charge < -0.3 is 20.1 Å². The largest absolute Gasteiger partial charge is 0.378 e. The van der Waals surface area contributed by atoms with Crippen LogP contribution in [0.1, 0.15) is 43.2 Å². The lowest BCUT2D eigenvalue weighted by Gasteiger charge is -2.13. The second-order valence-corrected chi connectivity index (χ2v) is 6.89. The van der Waals surface area contributed by atoms with Crippen molar-refractivity contribution >= 4 is 35.6 Å². The van der Waals surface area contributed by atoms with Gasteiger partial charge >= 0.3 is 0 Å². The first-order valence-electron chi connectivity index (χ1n) is 9.16. The molecule has 0 unspecified atom stereocenters. The van der Waals surface area contributed by atoms with Crippen molar-refractivity contribution in [3.63, 3.8) is 0 Å². The Balaban J connectivity index is 0.00000364. The topological polar surface area (TPSA) is 65.7 Å². The summed E-state index contributed by atoms with van der Waals surface area (Å²) in [5.41, 5.74) is 3.55. The average Bonchev–Trinajstić information content (AvgIpc) is 3.11. The smallest absolute Gasteiger partial charge is 0.191 e. The summed E-state index contributed by atoms with van der Waals surface area (Å²) in [4.78, 5) is 6.36. The predicted octanol–water partition coefficient (Wildman–Crippen LogP) is 3.78. The summed E-state index contributed by atoms with van der Waals surface area (Å²) in [6, 6.07) is 10.7. The monoisotopic (exact) mass is 485 g/mol. The third kappa shape index (κ3) is 7.78. The lowest BCUT2D eigenvalue weighted by molar-refractivity contribution is 0.372. The van der Waals surface area contributed by atoms with Crippen molar-refractivity contribution in [3.8, 4) is 0 Å². The molecule has 2 N–H and O–H groups in total. The summed E-state index contributed by atoms with van der Waals surface area (Å²) < 4.78 is 5.33. The normalized spacial score (nSPS) is 11.3. The fourth-order valence-electron chi connectivity index (χ4n) is 2.54. The standard InChI is InChI=1S/C20H31N5O.HI/c1-15(2)19-13-18(26-24-19)14-23-20(21-3)22-12-6-7-16-8-10-17(11-9-16)25(4)5;/h8-11,13,15H,6-7,12,14H2,1-5H3,(H2,21,22,23);1H. The van der Waals surface area contributed by atoms with Gasteiger partial charge in [-0.3, -0.25) is 4.99 Å². The second kappa shape index (κ2) is 11.8. The first-order valence-corrected chi connectivity index (χ1v) is 9.16. The Morgan fingerprint density at radius 2 is 1.89 bits per heavy atom. The molecule has 7 heteroatoms. The van der Waals surface area contributed by atoms with E-state index in [0.717, 1.165) is 36.8 Å². The van der Waals surface area contributed by atoms with Crippen LogP contribution >= 0.6 is 24.0 Å². The summed E-state index contributed by atoms with van der Waals surface area (Å²) in [5.74, 6) is 1.96. The van der Waals surface area contributed by atoms with Gasteiger partial charge in [-0.2, -0.15) is 0 Å². The van der Waals surface area contributed by atoms with Crippen LogP contribution in [0.3, 0.4) is 0 Å².